The molecule has 1 aliphatic heterocycles. The first-order valence-electron chi connectivity index (χ1n) is 21.7. The van der Waals surface area contributed by atoms with Gasteiger partial charge in [-0.05, 0) is 115 Å². The van der Waals surface area contributed by atoms with Crippen LogP contribution in [-0.2, 0) is 9.47 Å². The summed E-state index contributed by atoms with van der Waals surface area (Å²) in [6.07, 6.45) is 55.1. The highest BCUT2D eigenvalue weighted by atomic mass is 16.5. The fraction of sp³-hybridized carbons (Fsp3) is 0.826. The lowest BCUT2D eigenvalue weighted by molar-refractivity contribution is -0.0101. The highest BCUT2D eigenvalue weighted by molar-refractivity contribution is 4.94. The Hall–Kier alpha value is -1.16. The molecule has 0 saturated carbocycles. The maximum absolute atomic E-state index is 6.03. The first kappa shape index (κ1) is 45.9. The van der Waals surface area contributed by atoms with Gasteiger partial charge in [-0.2, -0.15) is 0 Å². The smallest absolute Gasteiger partial charge is 0.0466 e. The van der Waals surface area contributed by atoms with Gasteiger partial charge in [0.1, 0.15) is 0 Å². The van der Waals surface area contributed by atoms with Gasteiger partial charge in [0.05, 0.1) is 0 Å². The number of hydrogen-bond donors (Lipinski definition) is 0. The molecule has 0 atom stereocenters. The van der Waals surface area contributed by atoms with E-state index in [1.54, 1.807) is 0 Å². The number of ether oxygens (including phenoxy) is 2. The first-order valence-corrected chi connectivity index (χ1v) is 21.7. The van der Waals surface area contributed by atoms with Gasteiger partial charge in [-0.15, -0.1) is 0 Å². The van der Waals surface area contributed by atoms with Crippen molar-refractivity contribution in [1.82, 2.24) is 4.90 Å². The lowest BCUT2D eigenvalue weighted by Gasteiger charge is -2.49. The molecule has 49 heavy (non-hydrogen) atoms. The Bertz CT molecular complexity index is 720. The van der Waals surface area contributed by atoms with E-state index < -0.39 is 0 Å². The van der Waals surface area contributed by atoms with Crippen LogP contribution >= 0.6 is 0 Å². The summed E-state index contributed by atoms with van der Waals surface area (Å²) >= 11 is 0. The highest BCUT2D eigenvalue weighted by Crippen LogP contribution is 2.38. The van der Waals surface area contributed by atoms with E-state index in [-0.39, 0.29) is 0 Å². The van der Waals surface area contributed by atoms with Crippen molar-refractivity contribution < 1.29 is 9.47 Å². The van der Waals surface area contributed by atoms with Crippen molar-refractivity contribution in [3.8, 4) is 0 Å². The number of nitrogens with zero attached hydrogens (tertiary/aromatic N) is 1. The van der Waals surface area contributed by atoms with Crippen LogP contribution in [0.4, 0.5) is 0 Å². The van der Waals surface area contributed by atoms with Crippen LogP contribution in [0.15, 0.2) is 48.6 Å². The average molecular weight is 684 g/mol. The Labute approximate surface area is 307 Å². The van der Waals surface area contributed by atoms with E-state index in [0.29, 0.717) is 5.41 Å². The molecule has 0 aromatic heterocycles. The van der Waals surface area contributed by atoms with Gasteiger partial charge in [0, 0.05) is 39.5 Å². The van der Waals surface area contributed by atoms with Crippen molar-refractivity contribution in [3.63, 3.8) is 0 Å². The van der Waals surface area contributed by atoms with E-state index in [1.165, 1.54) is 180 Å². The predicted molar refractivity (Wildman–Crippen MR) is 219 cm³/mol. The van der Waals surface area contributed by atoms with Gasteiger partial charge < -0.3 is 14.4 Å². The van der Waals surface area contributed by atoms with Gasteiger partial charge in [0.15, 0.2) is 0 Å². The first-order chi connectivity index (χ1) is 24.2. The van der Waals surface area contributed by atoms with Crippen molar-refractivity contribution in [2.75, 3.05) is 46.6 Å². The van der Waals surface area contributed by atoms with Crippen LogP contribution in [0, 0.1) is 5.41 Å². The van der Waals surface area contributed by atoms with Crippen LogP contribution in [0.5, 0.6) is 0 Å². The Morgan fingerprint density at radius 2 is 0.735 bits per heavy atom. The summed E-state index contributed by atoms with van der Waals surface area (Å²) in [5.74, 6) is 0. The van der Waals surface area contributed by atoms with E-state index in [4.69, 9.17) is 9.47 Å². The van der Waals surface area contributed by atoms with E-state index in [0.717, 1.165) is 39.3 Å². The lowest BCUT2D eigenvalue weighted by Crippen LogP contribution is -2.54. The molecule has 0 N–H and O–H groups in total. The number of hydrogen-bond acceptors (Lipinski definition) is 3. The minimum Gasteiger partial charge on any atom is -0.381 e. The molecule has 0 bridgehead atoms. The molecule has 0 spiro atoms. The standard InChI is InChI=1S/C46H85NO2/c1-4-6-8-10-12-14-16-18-20-22-24-26-28-30-32-34-40-48-42-36-38-46(44-47(3)45-46)39-37-43-49-41-35-33-31-29-27-25-23-21-19-17-15-13-11-9-7-5-2/h12-15,18-21H,4-11,16-17,22-45H2,1-3H3/b14-12-,15-13-,20-18-,21-19-. The van der Waals surface area contributed by atoms with Crippen molar-refractivity contribution in [3.05, 3.63) is 48.6 Å². The predicted octanol–water partition coefficient (Wildman–Crippen LogP) is 14.1. The fourth-order valence-electron chi connectivity index (χ4n) is 7.23. The van der Waals surface area contributed by atoms with Crippen molar-refractivity contribution in [1.29, 1.82) is 0 Å². The molecular weight excluding hydrogens is 599 g/mol. The fourth-order valence-corrected chi connectivity index (χ4v) is 7.23. The van der Waals surface area contributed by atoms with Crippen LogP contribution in [0.2, 0.25) is 0 Å². The van der Waals surface area contributed by atoms with Gasteiger partial charge in [0.25, 0.3) is 0 Å². The molecule has 1 rings (SSSR count). The second-order valence-electron chi connectivity index (χ2n) is 15.3. The summed E-state index contributed by atoms with van der Waals surface area (Å²) in [5.41, 5.74) is 0.516. The van der Waals surface area contributed by atoms with Crippen molar-refractivity contribution in [2.24, 2.45) is 5.41 Å². The summed E-state index contributed by atoms with van der Waals surface area (Å²) in [6, 6.07) is 0. The molecule has 286 valence electrons. The van der Waals surface area contributed by atoms with E-state index >= 15 is 0 Å². The minimum atomic E-state index is 0.516. The summed E-state index contributed by atoms with van der Waals surface area (Å²) in [7, 11) is 2.27. The largest absolute Gasteiger partial charge is 0.381 e. The van der Waals surface area contributed by atoms with Crippen LogP contribution < -0.4 is 0 Å². The summed E-state index contributed by atoms with van der Waals surface area (Å²) in [6.45, 7) is 10.8. The SMILES string of the molecule is CCCCC/C=C\C/C=C\CCCCCCCCOCCCC1(CCCOCCCCCCCC/C=C\C/C=C\CCCCC)CN(C)C1. The average Bonchev–Trinajstić information content (AvgIpc) is 3.09. The van der Waals surface area contributed by atoms with E-state index in [9.17, 15) is 0 Å². The van der Waals surface area contributed by atoms with Crippen LogP contribution in [-0.4, -0.2) is 51.5 Å². The van der Waals surface area contributed by atoms with Crippen LogP contribution in [0.25, 0.3) is 0 Å². The Balaban J connectivity index is 1.85. The Morgan fingerprint density at radius 1 is 0.408 bits per heavy atom. The van der Waals surface area contributed by atoms with Gasteiger partial charge in [-0.25, -0.2) is 0 Å². The van der Waals surface area contributed by atoms with Crippen LogP contribution in [0.3, 0.4) is 0 Å². The molecule has 0 aliphatic carbocycles. The third kappa shape index (κ3) is 31.3. The minimum absolute atomic E-state index is 0.516. The Kier molecular flexibility index (Phi) is 34.3. The lowest BCUT2D eigenvalue weighted by atomic mass is 9.73. The van der Waals surface area contributed by atoms with E-state index in [1.807, 2.05) is 0 Å². The topological polar surface area (TPSA) is 21.7 Å². The molecule has 3 nitrogen and oxygen atoms in total. The molecule has 0 aromatic rings. The molecule has 0 radical (unpaired) electrons. The molecule has 0 amide bonds. The van der Waals surface area contributed by atoms with Crippen molar-refractivity contribution >= 4 is 0 Å². The maximum Gasteiger partial charge on any atom is 0.0466 e. The van der Waals surface area contributed by atoms with E-state index in [2.05, 4.69) is 74.4 Å². The monoisotopic (exact) mass is 684 g/mol. The zero-order valence-electron chi connectivity index (χ0n) is 33.4. The highest BCUT2D eigenvalue weighted by Gasteiger charge is 2.39. The number of rotatable bonds is 38. The third-order valence-electron chi connectivity index (χ3n) is 10.2. The molecule has 1 heterocycles. The third-order valence-corrected chi connectivity index (χ3v) is 10.2. The van der Waals surface area contributed by atoms with Crippen molar-refractivity contribution in [2.45, 2.75) is 194 Å². The summed E-state index contributed by atoms with van der Waals surface area (Å²) in [4.78, 5) is 2.48. The molecule has 1 saturated heterocycles. The zero-order chi connectivity index (χ0) is 35.2. The number of unbranched alkanes of at least 4 members (excludes halogenated alkanes) is 18. The summed E-state index contributed by atoms with van der Waals surface area (Å²) < 4.78 is 12.1. The zero-order valence-corrected chi connectivity index (χ0v) is 33.4. The number of likely N-dealkylation sites (tertiary alicyclic amines) is 1. The molecule has 1 fully saturated rings. The Morgan fingerprint density at radius 3 is 1.10 bits per heavy atom. The molecular formula is C46H85NO2. The van der Waals surface area contributed by atoms with Crippen LogP contribution in [0.1, 0.15) is 194 Å². The molecule has 0 unspecified atom stereocenters. The second-order valence-corrected chi connectivity index (χ2v) is 15.3. The van der Waals surface area contributed by atoms with Gasteiger partial charge >= 0.3 is 0 Å². The number of allylic oxidation sites excluding steroid dienone is 8. The normalized spacial score (nSPS) is 15.2. The summed E-state index contributed by atoms with van der Waals surface area (Å²) in [5, 5.41) is 0. The second kappa shape index (κ2) is 36.6. The molecule has 0 aromatic carbocycles. The maximum atomic E-state index is 6.03. The van der Waals surface area contributed by atoms with Gasteiger partial charge in [-0.1, -0.05) is 140 Å². The quantitative estimate of drug-likeness (QED) is 0.0477. The molecule has 1 aliphatic rings. The van der Waals surface area contributed by atoms with Gasteiger partial charge in [-0.3, -0.25) is 0 Å². The van der Waals surface area contributed by atoms with Gasteiger partial charge in [0.2, 0.25) is 0 Å². The molecule has 3 heteroatoms.